The summed E-state index contributed by atoms with van der Waals surface area (Å²) in [5.41, 5.74) is 2.28. The maximum absolute atomic E-state index is 4.83. The predicted octanol–water partition coefficient (Wildman–Crippen LogP) is 2.57. The molecule has 0 aliphatic carbocycles. The quantitative estimate of drug-likeness (QED) is 0.667. The van der Waals surface area contributed by atoms with Crippen molar-refractivity contribution in [3.05, 3.63) is 17.5 Å². The van der Waals surface area contributed by atoms with E-state index in [0.717, 1.165) is 18.0 Å². The van der Waals surface area contributed by atoms with Crippen LogP contribution in [-0.4, -0.2) is 5.16 Å². The van der Waals surface area contributed by atoms with Crippen LogP contribution in [0.25, 0.3) is 0 Å². The fraction of sp³-hybridized carbons (Fsp3) is 0.667. The average molecular weight is 153 g/mol. The second-order valence-electron chi connectivity index (χ2n) is 3.36. The van der Waals surface area contributed by atoms with Crippen LogP contribution in [0.15, 0.2) is 10.8 Å². The minimum atomic E-state index is 0.754. The second-order valence-corrected chi connectivity index (χ2v) is 3.36. The lowest BCUT2D eigenvalue weighted by Gasteiger charge is -2.01. The largest absolute Gasteiger partial charge is 0.364 e. The van der Waals surface area contributed by atoms with Gasteiger partial charge >= 0.3 is 0 Å². The molecule has 0 spiro atoms. The highest BCUT2D eigenvalue weighted by molar-refractivity contribution is 5.12. The van der Waals surface area contributed by atoms with Crippen LogP contribution in [0.2, 0.25) is 0 Å². The molecule has 0 saturated carbocycles. The number of aromatic nitrogens is 1. The van der Waals surface area contributed by atoms with E-state index in [2.05, 4.69) is 19.0 Å². The molecule has 1 aromatic rings. The van der Waals surface area contributed by atoms with E-state index in [1.165, 1.54) is 12.0 Å². The first-order valence-electron chi connectivity index (χ1n) is 4.10. The minimum absolute atomic E-state index is 0.754. The van der Waals surface area contributed by atoms with E-state index in [9.17, 15) is 0 Å². The van der Waals surface area contributed by atoms with Crippen molar-refractivity contribution in [1.82, 2.24) is 5.16 Å². The van der Waals surface area contributed by atoms with Gasteiger partial charge in [0.25, 0.3) is 0 Å². The summed E-state index contributed by atoms with van der Waals surface area (Å²) in [5.74, 6) is 0.754. The highest BCUT2D eigenvalue weighted by Gasteiger charge is 2.02. The van der Waals surface area contributed by atoms with E-state index in [1.807, 2.05) is 6.92 Å². The summed E-state index contributed by atoms with van der Waals surface area (Å²) in [6.07, 6.45) is 4.05. The molecule has 2 heteroatoms. The third-order valence-corrected chi connectivity index (χ3v) is 1.84. The summed E-state index contributed by atoms with van der Waals surface area (Å²) in [6, 6.07) is 0. The van der Waals surface area contributed by atoms with E-state index in [4.69, 9.17) is 4.52 Å². The Bertz CT molecular complexity index is 215. The van der Waals surface area contributed by atoms with Crippen molar-refractivity contribution in [3.8, 4) is 0 Å². The molecule has 11 heavy (non-hydrogen) atoms. The number of rotatable bonds is 3. The summed E-state index contributed by atoms with van der Waals surface area (Å²) < 4.78 is 4.83. The van der Waals surface area contributed by atoms with Gasteiger partial charge in [0.05, 0.1) is 5.69 Å². The Labute approximate surface area is 67.6 Å². The van der Waals surface area contributed by atoms with E-state index < -0.39 is 0 Å². The number of nitrogens with zero attached hydrogens (tertiary/aromatic N) is 1. The molecule has 0 atom stereocenters. The highest BCUT2D eigenvalue weighted by Crippen LogP contribution is 2.11. The van der Waals surface area contributed by atoms with Crippen molar-refractivity contribution < 1.29 is 4.52 Å². The predicted molar refractivity (Wildman–Crippen MR) is 44.4 cm³/mol. The van der Waals surface area contributed by atoms with Gasteiger partial charge in [-0.25, -0.2) is 0 Å². The third kappa shape index (κ3) is 2.37. The molecule has 2 nitrogen and oxygen atoms in total. The fourth-order valence-corrected chi connectivity index (χ4v) is 0.997. The summed E-state index contributed by atoms with van der Waals surface area (Å²) in [4.78, 5) is 0. The van der Waals surface area contributed by atoms with Crippen LogP contribution >= 0.6 is 0 Å². The number of aryl methyl sites for hydroxylation is 2. The molecule has 0 aliphatic rings. The molecule has 0 aliphatic heterocycles. The lowest BCUT2D eigenvalue weighted by Crippen LogP contribution is -1.92. The molecular weight excluding hydrogens is 138 g/mol. The average Bonchev–Trinajstić information content (AvgIpc) is 2.31. The summed E-state index contributed by atoms with van der Waals surface area (Å²) in [6.45, 7) is 6.44. The van der Waals surface area contributed by atoms with Gasteiger partial charge in [-0.3, -0.25) is 0 Å². The van der Waals surface area contributed by atoms with Gasteiger partial charge < -0.3 is 4.52 Å². The van der Waals surface area contributed by atoms with Crippen molar-refractivity contribution in [2.75, 3.05) is 0 Å². The first-order valence-corrected chi connectivity index (χ1v) is 4.10. The van der Waals surface area contributed by atoms with Crippen LogP contribution in [-0.2, 0) is 6.42 Å². The van der Waals surface area contributed by atoms with E-state index in [0.29, 0.717) is 0 Å². The third-order valence-electron chi connectivity index (χ3n) is 1.84. The monoisotopic (exact) mass is 153 g/mol. The Hall–Kier alpha value is -0.790. The number of hydrogen-bond acceptors (Lipinski definition) is 2. The van der Waals surface area contributed by atoms with Crippen LogP contribution in [0.5, 0.6) is 0 Å². The van der Waals surface area contributed by atoms with E-state index in [-0.39, 0.29) is 0 Å². The highest BCUT2D eigenvalue weighted by atomic mass is 16.5. The Kier molecular flexibility index (Phi) is 2.69. The van der Waals surface area contributed by atoms with Gasteiger partial charge in [0.15, 0.2) is 0 Å². The summed E-state index contributed by atoms with van der Waals surface area (Å²) in [5, 5.41) is 3.82. The molecule has 1 heterocycles. The van der Waals surface area contributed by atoms with Crippen molar-refractivity contribution in [2.45, 2.75) is 33.6 Å². The molecule has 0 saturated heterocycles. The van der Waals surface area contributed by atoms with Crippen molar-refractivity contribution in [2.24, 2.45) is 5.92 Å². The summed E-state index contributed by atoms with van der Waals surface area (Å²) >= 11 is 0. The van der Waals surface area contributed by atoms with E-state index >= 15 is 0 Å². The van der Waals surface area contributed by atoms with Crippen LogP contribution in [0.4, 0.5) is 0 Å². The van der Waals surface area contributed by atoms with Gasteiger partial charge in [-0.05, 0) is 25.7 Å². The van der Waals surface area contributed by atoms with Crippen LogP contribution < -0.4 is 0 Å². The van der Waals surface area contributed by atoms with Gasteiger partial charge in [0.1, 0.15) is 6.26 Å². The molecule has 0 radical (unpaired) electrons. The summed E-state index contributed by atoms with van der Waals surface area (Å²) in [7, 11) is 0. The lowest BCUT2D eigenvalue weighted by atomic mass is 10.0. The maximum atomic E-state index is 4.83. The topological polar surface area (TPSA) is 26.0 Å². The molecule has 1 aromatic heterocycles. The zero-order chi connectivity index (χ0) is 8.27. The van der Waals surface area contributed by atoms with E-state index in [1.54, 1.807) is 6.26 Å². The molecule has 0 fully saturated rings. The fourth-order valence-electron chi connectivity index (χ4n) is 0.997. The standard InChI is InChI=1S/C9H15NO/c1-7(2)4-5-9-6-11-10-8(9)3/h6-7H,4-5H2,1-3H3. The smallest absolute Gasteiger partial charge is 0.127 e. The molecule has 0 N–H and O–H groups in total. The first kappa shape index (κ1) is 8.31. The normalized spacial score (nSPS) is 10.9. The lowest BCUT2D eigenvalue weighted by molar-refractivity contribution is 0.414. The Morgan fingerprint density at radius 2 is 2.27 bits per heavy atom. The van der Waals surface area contributed by atoms with Crippen LogP contribution in [0.3, 0.4) is 0 Å². The molecule has 62 valence electrons. The Balaban J connectivity index is 2.44. The molecule has 0 amide bonds. The SMILES string of the molecule is Cc1nocc1CCC(C)C. The van der Waals surface area contributed by atoms with Gasteiger partial charge in [-0.2, -0.15) is 0 Å². The maximum Gasteiger partial charge on any atom is 0.127 e. The van der Waals surface area contributed by atoms with Crippen molar-refractivity contribution in [1.29, 1.82) is 0 Å². The Morgan fingerprint density at radius 1 is 1.55 bits per heavy atom. The number of hydrogen-bond donors (Lipinski definition) is 0. The molecule has 0 aromatic carbocycles. The second kappa shape index (κ2) is 3.56. The minimum Gasteiger partial charge on any atom is -0.364 e. The van der Waals surface area contributed by atoms with Crippen LogP contribution in [0.1, 0.15) is 31.5 Å². The van der Waals surface area contributed by atoms with Crippen molar-refractivity contribution >= 4 is 0 Å². The Morgan fingerprint density at radius 3 is 2.73 bits per heavy atom. The van der Waals surface area contributed by atoms with Gasteiger partial charge in [0, 0.05) is 5.56 Å². The van der Waals surface area contributed by atoms with Gasteiger partial charge in [-0.1, -0.05) is 19.0 Å². The zero-order valence-corrected chi connectivity index (χ0v) is 7.42. The molecule has 0 bridgehead atoms. The van der Waals surface area contributed by atoms with Gasteiger partial charge in [0.2, 0.25) is 0 Å². The van der Waals surface area contributed by atoms with Gasteiger partial charge in [-0.15, -0.1) is 0 Å². The van der Waals surface area contributed by atoms with Crippen LogP contribution in [0, 0.1) is 12.8 Å². The first-order chi connectivity index (χ1) is 5.20. The van der Waals surface area contributed by atoms with Crippen molar-refractivity contribution in [3.63, 3.8) is 0 Å². The zero-order valence-electron chi connectivity index (χ0n) is 7.42. The molecule has 0 unspecified atom stereocenters. The molecular formula is C9H15NO. The molecule has 1 rings (SSSR count).